The van der Waals surface area contributed by atoms with Crippen molar-refractivity contribution in [3.63, 3.8) is 0 Å². The molecule has 0 atom stereocenters. The highest BCUT2D eigenvalue weighted by Crippen LogP contribution is 2.37. The fraction of sp³-hybridized carbons (Fsp3) is 0.350. The first-order valence-corrected chi connectivity index (χ1v) is 9.44. The highest BCUT2D eigenvalue weighted by Gasteiger charge is 2.36. The third-order valence-corrected chi connectivity index (χ3v) is 6.39. The molecule has 128 valence electrons. The molecule has 1 amide bonds. The molecule has 4 nitrogen and oxygen atoms in total. The van der Waals surface area contributed by atoms with Gasteiger partial charge < -0.3 is 4.90 Å². The fourth-order valence-corrected chi connectivity index (χ4v) is 4.48. The standard InChI is InChI=1S/C20H21N3OS/c1-14-13-22-19(25-14)20(2)8-11-23(12-9-20)18(24)16-5-3-7-17-15(16)6-4-10-21-17/h3-7,10,13H,8-9,11-12H2,1-2H3. The lowest BCUT2D eigenvalue weighted by Crippen LogP contribution is -2.44. The largest absolute Gasteiger partial charge is 0.339 e. The Morgan fingerprint density at radius 1 is 1.16 bits per heavy atom. The van der Waals surface area contributed by atoms with Crippen LogP contribution in [0.5, 0.6) is 0 Å². The van der Waals surface area contributed by atoms with Crippen LogP contribution in [0.4, 0.5) is 0 Å². The average molecular weight is 351 g/mol. The van der Waals surface area contributed by atoms with Gasteiger partial charge in [0.1, 0.15) is 0 Å². The first kappa shape index (κ1) is 16.2. The van der Waals surface area contributed by atoms with Gasteiger partial charge >= 0.3 is 0 Å². The van der Waals surface area contributed by atoms with Gasteiger partial charge in [-0.25, -0.2) is 4.98 Å². The molecule has 0 bridgehead atoms. The number of fused-ring (bicyclic) bond motifs is 1. The Balaban J connectivity index is 1.55. The smallest absolute Gasteiger partial charge is 0.254 e. The number of benzene rings is 1. The Kier molecular flexibility index (Phi) is 4.04. The molecule has 5 heteroatoms. The van der Waals surface area contributed by atoms with Crippen molar-refractivity contribution < 1.29 is 4.79 Å². The van der Waals surface area contributed by atoms with E-state index in [4.69, 9.17) is 0 Å². The molecule has 1 aliphatic rings. The molecule has 0 unspecified atom stereocenters. The van der Waals surface area contributed by atoms with Gasteiger partial charge in [-0.15, -0.1) is 11.3 Å². The monoisotopic (exact) mass is 351 g/mol. The van der Waals surface area contributed by atoms with E-state index in [0.717, 1.165) is 42.4 Å². The number of amides is 1. The van der Waals surface area contributed by atoms with Crippen molar-refractivity contribution in [1.29, 1.82) is 0 Å². The summed E-state index contributed by atoms with van der Waals surface area (Å²) in [7, 11) is 0. The van der Waals surface area contributed by atoms with Crippen molar-refractivity contribution in [2.24, 2.45) is 0 Å². The summed E-state index contributed by atoms with van der Waals surface area (Å²) in [4.78, 5) is 25.2. The van der Waals surface area contributed by atoms with E-state index in [-0.39, 0.29) is 11.3 Å². The van der Waals surface area contributed by atoms with E-state index in [2.05, 4.69) is 23.8 Å². The number of nitrogens with zero attached hydrogens (tertiary/aromatic N) is 3. The lowest BCUT2D eigenvalue weighted by atomic mass is 9.81. The number of thiazole rings is 1. The van der Waals surface area contributed by atoms with Crippen LogP contribution in [-0.2, 0) is 5.41 Å². The lowest BCUT2D eigenvalue weighted by Gasteiger charge is -2.38. The van der Waals surface area contributed by atoms with Gasteiger partial charge in [-0.3, -0.25) is 9.78 Å². The molecule has 0 N–H and O–H groups in total. The van der Waals surface area contributed by atoms with Gasteiger partial charge in [-0.2, -0.15) is 0 Å². The van der Waals surface area contributed by atoms with E-state index in [9.17, 15) is 4.79 Å². The minimum Gasteiger partial charge on any atom is -0.339 e. The predicted molar refractivity (Wildman–Crippen MR) is 101 cm³/mol. The van der Waals surface area contributed by atoms with Gasteiger partial charge in [0.25, 0.3) is 5.91 Å². The van der Waals surface area contributed by atoms with Crippen molar-refractivity contribution in [3.05, 3.63) is 58.2 Å². The first-order chi connectivity index (χ1) is 12.1. The Labute approximate surface area is 151 Å². The Hall–Kier alpha value is -2.27. The van der Waals surface area contributed by atoms with Gasteiger partial charge in [0, 0.05) is 46.7 Å². The third kappa shape index (κ3) is 2.93. The number of hydrogen-bond donors (Lipinski definition) is 0. The van der Waals surface area contributed by atoms with Gasteiger partial charge in [-0.1, -0.05) is 19.1 Å². The SMILES string of the molecule is Cc1cnc(C2(C)CCN(C(=O)c3cccc4ncccc34)CC2)s1. The van der Waals surface area contributed by atoms with Crippen LogP contribution >= 0.6 is 11.3 Å². The summed E-state index contributed by atoms with van der Waals surface area (Å²) in [5, 5.41) is 2.13. The van der Waals surface area contributed by atoms with E-state index in [0.29, 0.717) is 0 Å². The maximum Gasteiger partial charge on any atom is 0.254 e. The lowest BCUT2D eigenvalue weighted by molar-refractivity contribution is 0.0678. The molecule has 25 heavy (non-hydrogen) atoms. The second-order valence-electron chi connectivity index (χ2n) is 7.00. The number of aromatic nitrogens is 2. The summed E-state index contributed by atoms with van der Waals surface area (Å²) in [6.45, 7) is 5.90. The zero-order valence-corrected chi connectivity index (χ0v) is 15.3. The maximum atomic E-state index is 13.1. The Bertz CT molecular complexity index is 920. The van der Waals surface area contributed by atoms with Crippen LogP contribution in [0.25, 0.3) is 10.9 Å². The highest BCUT2D eigenvalue weighted by atomic mass is 32.1. The molecular formula is C20H21N3OS. The maximum absolute atomic E-state index is 13.1. The number of hydrogen-bond acceptors (Lipinski definition) is 4. The van der Waals surface area contributed by atoms with Gasteiger partial charge in [0.15, 0.2) is 0 Å². The van der Waals surface area contributed by atoms with Crippen LogP contribution in [0.3, 0.4) is 0 Å². The summed E-state index contributed by atoms with van der Waals surface area (Å²) >= 11 is 1.78. The zero-order chi connectivity index (χ0) is 17.4. The average Bonchev–Trinajstić information content (AvgIpc) is 3.09. The topological polar surface area (TPSA) is 46.1 Å². The molecule has 1 saturated heterocycles. The Morgan fingerprint density at radius 3 is 2.68 bits per heavy atom. The summed E-state index contributed by atoms with van der Waals surface area (Å²) in [6, 6.07) is 9.63. The minimum atomic E-state index is 0.0794. The van der Waals surface area contributed by atoms with Gasteiger partial charge in [0.05, 0.1) is 10.5 Å². The molecule has 1 aromatic carbocycles. The molecule has 1 fully saturated rings. The number of likely N-dealkylation sites (tertiary alicyclic amines) is 1. The zero-order valence-electron chi connectivity index (χ0n) is 14.5. The number of rotatable bonds is 2. The number of carbonyl (C=O) groups excluding carboxylic acids is 1. The quantitative estimate of drug-likeness (QED) is 0.695. The van der Waals surface area contributed by atoms with Crippen LogP contribution in [0.2, 0.25) is 0 Å². The molecule has 2 aromatic heterocycles. The van der Waals surface area contributed by atoms with E-state index in [1.165, 1.54) is 9.88 Å². The van der Waals surface area contributed by atoms with E-state index in [1.54, 1.807) is 17.5 Å². The molecule has 0 radical (unpaired) electrons. The van der Waals surface area contributed by atoms with E-state index in [1.807, 2.05) is 41.4 Å². The first-order valence-electron chi connectivity index (χ1n) is 8.63. The third-order valence-electron chi connectivity index (χ3n) is 5.17. The van der Waals surface area contributed by atoms with Crippen molar-refractivity contribution in [1.82, 2.24) is 14.9 Å². The molecule has 3 aromatic rings. The number of piperidine rings is 1. The number of aryl methyl sites for hydroxylation is 1. The molecule has 1 aliphatic heterocycles. The van der Waals surface area contributed by atoms with Gasteiger partial charge in [0.2, 0.25) is 0 Å². The summed E-state index contributed by atoms with van der Waals surface area (Å²) in [5.74, 6) is 0.107. The van der Waals surface area contributed by atoms with Crippen molar-refractivity contribution >= 4 is 28.1 Å². The van der Waals surface area contributed by atoms with Crippen LogP contribution in [0, 0.1) is 6.92 Å². The van der Waals surface area contributed by atoms with Gasteiger partial charge in [-0.05, 0) is 38.0 Å². The minimum absolute atomic E-state index is 0.0794. The second kappa shape index (κ2) is 6.23. The van der Waals surface area contributed by atoms with Crippen molar-refractivity contribution in [2.45, 2.75) is 32.1 Å². The second-order valence-corrected chi connectivity index (χ2v) is 8.24. The predicted octanol–water partition coefficient (Wildman–Crippen LogP) is 4.19. The van der Waals surface area contributed by atoms with Crippen LogP contribution in [0.15, 0.2) is 42.7 Å². The number of carbonyl (C=O) groups is 1. The van der Waals surface area contributed by atoms with Crippen LogP contribution < -0.4 is 0 Å². The molecule has 0 aliphatic carbocycles. The van der Waals surface area contributed by atoms with Crippen molar-refractivity contribution in [2.75, 3.05) is 13.1 Å². The molecule has 3 heterocycles. The number of pyridine rings is 1. The van der Waals surface area contributed by atoms with Crippen LogP contribution in [0.1, 0.15) is 40.0 Å². The Morgan fingerprint density at radius 2 is 1.96 bits per heavy atom. The normalized spacial score (nSPS) is 17.0. The molecule has 0 saturated carbocycles. The molecule has 0 spiro atoms. The summed E-state index contributed by atoms with van der Waals surface area (Å²) in [5.41, 5.74) is 1.70. The van der Waals surface area contributed by atoms with E-state index < -0.39 is 0 Å². The highest BCUT2D eigenvalue weighted by molar-refractivity contribution is 7.11. The molecule has 4 rings (SSSR count). The molecular weight excluding hydrogens is 330 g/mol. The fourth-order valence-electron chi connectivity index (χ4n) is 3.51. The van der Waals surface area contributed by atoms with Crippen LogP contribution in [-0.4, -0.2) is 33.9 Å². The summed E-state index contributed by atoms with van der Waals surface area (Å²) < 4.78 is 0. The van der Waals surface area contributed by atoms with Crippen molar-refractivity contribution in [3.8, 4) is 0 Å². The summed E-state index contributed by atoms with van der Waals surface area (Å²) in [6.07, 6.45) is 5.62. The van der Waals surface area contributed by atoms with E-state index >= 15 is 0 Å².